The van der Waals surface area contributed by atoms with Gasteiger partial charge in [-0.3, -0.25) is 4.79 Å². The molecule has 24 heavy (non-hydrogen) atoms. The Kier molecular flexibility index (Phi) is 6.14. The Hall–Kier alpha value is -2.60. The van der Waals surface area contributed by atoms with E-state index in [1.165, 1.54) is 32.6 Å². The van der Waals surface area contributed by atoms with Gasteiger partial charge in [-0.15, -0.1) is 0 Å². The first-order valence-corrected chi connectivity index (χ1v) is 7.39. The highest BCUT2D eigenvalue weighted by Gasteiger charge is 2.10. The average molecular weight is 351 g/mol. The molecule has 2 rings (SSSR count). The van der Waals surface area contributed by atoms with Crippen LogP contribution >= 0.6 is 11.6 Å². The summed E-state index contributed by atoms with van der Waals surface area (Å²) in [5, 5.41) is 4.24. The van der Waals surface area contributed by atoms with Crippen molar-refractivity contribution in [1.29, 1.82) is 0 Å². The Bertz CT molecular complexity index is 748. The first kappa shape index (κ1) is 17.7. The molecule has 0 aromatic heterocycles. The summed E-state index contributed by atoms with van der Waals surface area (Å²) < 4.78 is 23.1. The Morgan fingerprint density at radius 1 is 1.25 bits per heavy atom. The molecule has 0 fully saturated rings. The zero-order chi connectivity index (χ0) is 17.5. The Balaban J connectivity index is 1.99. The van der Waals surface area contributed by atoms with E-state index >= 15 is 0 Å². The molecule has 0 aliphatic rings. The van der Waals surface area contributed by atoms with Crippen molar-refractivity contribution >= 4 is 23.7 Å². The highest BCUT2D eigenvalue weighted by Crippen LogP contribution is 2.35. The lowest BCUT2D eigenvalue weighted by atomic mass is 10.1. The molecular formula is C17H16ClFN2O3. The summed E-state index contributed by atoms with van der Waals surface area (Å²) in [6, 6.07) is 9.02. The van der Waals surface area contributed by atoms with E-state index in [-0.39, 0.29) is 18.1 Å². The second kappa shape index (κ2) is 8.31. The molecule has 2 aromatic carbocycles. The number of nitrogens with zero attached hydrogens (tertiary/aromatic N) is 1. The molecule has 0 aliphatic heterocycles. The maximum atomic E-state index is 12.8. The topological polar surface area (TPSA) is 59.9 Å². The third-order valence-electron chi connectivity index (χ3n) is 3.14. The minimum absolute atomic E-state index is 0.101. The minimum Gasteiger partial charge on any atom is -0.493 e. The molecule has 1 N–H and O–H groups in total. The van der Waals surface area contributed by atoms with Crippen LogP contribution in [0.1, 0.15) is 11.1 Å². The van der Waals surface area contributed by atoms with E-state index in [1.54, 1.807) is 24.3 Å². The van der Waals surface area contributed by atoms with Crippen molar-refractivity contribution in [3.05, 3.63) is 58.4 Å². The van der Waals surface area contributed by atoms with Crippen LogP contribution in [-0.2, 0) is 11.2 Å². The fraction of sp³-hybridized carbons (Fsp3) is 0.176. The van der Waals surface area contributed by atoms with Crippen molar-refractivity contribution in [2.75, 3.05) is 14.2 Å². The number of hydrogen-bond acceptors (Lipinski definition) is 4. The molecule has 0 spiro atoms. The predicted octanol–water partition coefficient (Wildman–Crippen LogP) is 3.19. The smallest absolute Gasteiger partial charge is 0.244 e. The molecule has 0 saturated carbocycles. The van der Waals surface area contributed by atoms with Crippen molar-refractivity contribution in [3.63, 3.8) is 0 Å². The molecule has 1 amide bonds. The molecular weight excluding hydrogens is 335 g/mol. The zero-order valence-corrected chi connectivity index (χ0v) is 13.9. The predicted molar refractivity (Wildman–Crippen MR) is 90.4 cm³/mol. The monoisotopic (exact) mass is 350 g/mol. The van der Waals surface area contributed by atoms with E-state index in [1.807, 2.05) is 0 Å². The molecule has 0 atom stereocenters. The SMILES string of the molecule is COc1cc(/C=N/NC(=O)Cc2ccc(F)cc2)cc(Cl)c1OC. The average Bonchev–Trinajstić information content (AvgIpc) is 2.56. The number of hydrazone groups is 1. The van der Waals surface area contributed by atoms with Gasteiger partial charge in [0.1, 0.15) is 5.82 Å². The summed E-state index contributed by atoms with van der Waals surface area (Å²) in [5.41, 5.74) is 3.73. The van der Waals surface area contributed by atoms with E-state index < -0.39 is 0 Å². The summed E-state index contributed by atoms with van der Waals surface area (Å²) in [6.07, 6.45) is 1.54. The van der Waals surface area contributed by atoms with Crippen molar-refractivity contribution in [2.45, 2.75) is 6.42 Å². The van der Waals surface area contributed by atoms with Gasteiger partial charge in [-0.1, -0.05) is 23.7 Å². The molecule has 126 valence electrons. The summed E-state index contributed by atoms with van der Waals surface area (Å²) in [5.74, 6) is 0.229. The molecule has 7 heteroatoms. The Labute approximate surface area is 144 Å². The molecule has 0 saturated heterocycles. The number of amides is 1. The van der Waals surface area contributed by atoms with E-state index in [0.29, 0.717) is 27.6 Å². The van der Waals surface area contributed by atoms with Gasteiger partial charge in [0, 0.05) is 0 Å². The van der Waals surface area contributed by atoms with E-state index in [9.17, 15) is 9.18 Å². The molecule has 5 nitrogen and oxygen atoms in total. The number of nitrogens with one attached hydrogen (secondary N) is 1. The van der Waals surface area contributed by atoms with Crippen molar-refractivity contribution in [2.24, 2.45) is 5.10 Å². The molecule has 0 heterocycles. The fourth-order valence-corrected chi connectivity index (χ4v) is 2.31. The maximum Gasteiger partial charge on any atom is 0.244 e. The number of hydrogen-bond donors (Lipinski definition) is 1. The first-order valence-electron chi connectivity index (χ1n) is 7.01. The second-order valence-electron chi connectivity index (χ2n) is 4.83. The largest absolute Gasteiger partial charge is 0.493 e. The number of benzene rings is 2. The first-order chi connectivity index (χ1) is 11.5. The zero-order valence-electron chi connectivity index (χ0n) is 13.2. The molecule has 0 bridgehead atoms. The van der Waals surface area contributed by atoms with Crippen molar-refractivity contribution in [3.8, 4) is 11.5 Å². The quantitative estimate of drug-likeness (QED) is 0.643. The van der Waals surface area contributed by atoms with Crippen molar-refractivity contribution in [1.82, 2.24) is 5.43 Å². The normalized spacial score (nSPS) is 10.7. The van der Waals surface area contributed by atoms with Crippen LogP contribution in [0, 0.1) is 5.82 Å². The highest BCUT2D eigenvalue weighted by molar-refractivity contribution is 6.32. The lowest BCUT2D eigenvalue weighted by molar-refractivity contribution is -0.120. The third kappa shape index (κ3) is 4.70. The van der Waals surface area contributed by atoms with Crippen LogP contribution in [0.3, 0.4) is 0 Å². The van der Waals surface area contributed by atoms with Crippen LogP contribution in [0.5, 0.6) is 11.5 Å². The molecule has 2 aromatic rings. The van der Waals surface area contributed by atoms with Crippen LogP contribution < -0.4 is 14.9 Å². The van der Waals surface area contributed by atoms with Gasteiger partial charge in [-0.25, -0.2) is 9.82 Å². The van der Waals surface area contributed by atoms with Crippen LogP contribution in [0.2, 0.25) is 5.02 Å². The minimum atomic E-state index is -0.345. The number of halogens is 2. The van der Waals surface area contributed by atoms with E-state index in [0.717, 1.165) is 0 Å². The van der Waals surface area contributed by atoms with Gasteiger partial charge >= 0.3 is 0 Å². The van der Waals surface area contributed by atoms with Gasteiger partial charge in [0.25, 0.3) is 0 Å². The van der Waals surface area contributed by atoms with Gasteiger partial charge < -0.3 is 9.47 Å². The van der Waals surface area contributed by atoms with Gasteiger partial charge in [0.05, 0.1) is 31.9 Å². The fourth-order valence-electron chi connectivity index (χ4n) is 2.02. The summed E-state index contributed by atoms with van der Waals surface area (Å²) in [4.78, 5) is 11.8. The summed E-state index contributed by atoms with van der Waals surface area (Å²) >= 11 is 6.09. The van der Waals surface area contributed by atoms with Crippen LogP contribution in [0.15, 0.2) is 41.5 Å². The molecule has 0 aliphatic carbocycles. The Morgan fingerprint density at radius 3 is 2.58 bits per heavy atom. The lowest BCUT2D eigenvalue weighted by Gasteiger charge is -2.09. The lowest BCUT2D eigenvalue weighted by Crippen LogP contribution is -2.19. The number of methoxy groups -OCH3 is 2. The molecule has 0 unspecified atom stereocenters. The molecule has 0 radical (unpaired) electrons. The van der Waals surface area contributed by atoms with Crippen LogP contribution in [0.25, 0.3) is 0 Å². The van der Waals surface area contributed by atoms with Gasteiger partial charge in [0.15, 0.2) is 11.5 Å². The number of rotatable bonds is 6. The summed E-state index contributed by atoms with van der Waals surface area (Å²) in [6.45, 7) is 0. The van der Waals surface area contributed by atoms with Crippen molar-refractivity contribution < 1.29 is 18.7 Å². The number of ether oxygens (including phenoxy) is 2. The highest BCUT2D eigenvalue weighted by atomic mass is 35.5. The summed E-state index contributed by atoms with van der Waals surface area (Å²) in [7, 11) is 2.99. The third-order valence-corrected chi connectivity index (χ3v) is 3.42. The van der Waals surface area contributed by atoms with Crippen LogP contribution in [-0.4, -0.2) is 26.3 Å². The second-order valence-corrected chi connectivity index (χ2v) is 5.24. The Morgan fingerprint density at radius 2 is 1.96 bits per heavy atom. The van der Waals surface area contributed by atoms with Crippen LogP contribution in [0.4, 0.5) is 4.39 Å². The van der Waals surface area contributed by atoms with Gasteiger partial charge in [0.2, 0.25) is 5.91 Å². The van der Waals surface area contributed by atoms with E-state index in [4.69, 9.17) is 21.1 Å². The number of carbonyl (C=O) groups excluding carboxylic acids is 1. The number of carbonyl (C=O) groups is 1. The maximum absolute atomic E-state index is 12.8. The standard InChI is InChI=1S/C17H16ClFN2O3/c1-23-15-8-12(7-14(18)17(15)24-2)10-20-21-16(22)9-11-3-5-13(19)6-4-11/h3-8,10H,9H2,1-2H3,(H,21,22)/b20-10+. The van der Waals surface area contributed by atoms with Gasteiger partial charge in [-0.05, 0) is 35.4 Å². The van der Waals surface area contributed by atoms with Gasteiger partial charge in [-0.2, -0.15) is 5.10 Å². The van der Waals surface area contributed by atoms with E-state index in [2.05, 4.69) is 10.5 Å².